The molecule has 0 unspecified atom stereocenters. The van der Waals surface area contributed by atoms with Gasteiger partial charge in [0.25, 0.3) is 0 Å². The van der Waals surface area contributed by atoms with E-state index in [0.717, 1.165) is 122 Å². The lowest BCUT2D eigenvalue weighted by atomic mass is 9.85. The zero-order valence-corrected chi connectivity index (χ0v) is 48.2. The summed E-state index contributed by atoms with van der Waals surface area (Å²) in [6.45, 7) is 0. The molecule has 10 heteroatoms. The zero-order chi connectivity index (χ0) is 60.1. The molecule has 418 valence electrons. The first-order chi connectivity index (χ1) is 44.5. The fourth-order valence-electron chi connectivity index (χ4n) is 12.6. The molecule has 0 atom stereocenters. The Morgan fingerprint density at radius 3 is 0.811 bits per heavy atom. The van der Waals surface area contributed by atoms with Crippen LogP contribution in [0.4, 0.5) is 0 Å². The molecule has 16 aromatic rings. The average Bonchev–Trinajstić information content (AvgIpc) is 1.52. The van der Waals surface area contributed by atoms with Crippen molar-refractivity contribution in [2.45, 2.75) is 0 Å². The van der Waals surface area contributed by atoms with Crippen molar-refractivity contribution >= 4 is 43.6 Å². The quantitative estimate of drug-likeness (QED) is 0.125. The van der Waals surface area contributed by atoms with E-state index in [2.05, 4.69) is 161 Å². The summed E-state index contributed by atoms with van der Waals surface area (Å²) in [6.07, 6.45) is 0. The summed E-state index contributed by atoms with van der Waals surface area (Å²) < 4.78 is 4.64. The lowest BCUT2D eigenvalue weighted by molar-refractivity contribution is 1.07. The highest BCUT2D eigenvalue weighted by Crippen LogP contribution is 2.47. The molecule has 0 N–H and O–H groups in total. The van der Waals surface area contributed by atoms with Gasteiger partial charge in [-0.2, -0.15) is 10.5 Å². The highest BCUT2D eigenvalue weighted by molar-refractivity contribution is 6.12. The molecule has 0 aliphatic heterocycles. The van der Waals surface area contributed by atoms with Gasteiger partial charge in [-0.25, -0.2) is 29.9 Å². The van der Waals surface area contributed by atoms with E-state index in [0.29, 0.717) is 46.1 Å². The van der Waals surface area contributed by atoms with Crippen molar-refractivity contribution in [3.8, 4) is 125 Å². The Bertz CT molecular complexity index is 5350. The van der Waals surface area contributed by atoms with E-state index in [1.165, 1.54) is 0 Å². The number of fused-ring (bicyclic) bond motifs is 6. The summed E-state index contributed by atoms with van der Waals surface area (Å²) in [7, 11) is 0. The Balaban J connectivity index is 0.989. The van der Waals surface area contributed by atoms with Crippen molar-refractivity contribution in [1.82, 2.24) is 39.0 Å². The van der Waals surface area contributed by atoms with Crippen LogP contribution in [0.5, 0.6) is 0 Å². The number of aromatic nitrogens is 8. The van der Waals surface area contributed by atoms with E-state index in [1.807, 2.05) is 152 Å². The maximum absolute atomic E-state index is 11.0. The van der Waals surface area contributed by atoms with Crippen molar-refractivity contribution in [3.05, 3.63) is 302 Å². The van der Waals surface area contributed by atoms with Gasteiger partial charge in [0, 0.05) is 66.1 Å². The van der Waals surface area contributed by atoms with Gasteiger partial charge in [-0.1, -0.05) is 206 Å². The molecule has 0 saturated carbocycles. The van der Waals surface area contributed by atoms with Crippen molar-refractivity contribution in [2.75, 3.05) is 0 Å². The highest BCUT2D eigenvalue weighted by atomic mass is 15.0. The SMILES string of the molecule is N#Cc1ccc(-c2cc(-c3nc(-c4ccccc4)nc(-c4ccccc4)n3)ccc2-n2c3ccccc3c3ccccc32)c(-c2ccc(C#N)cc2-c2cc(-c3nc(-c4ccccc4)nc(-c4ccccc4)n3)ccc2-n2c3ccccc3c3ccccc32)c1. The van der Waals surface area contributed by atoms with Gasteiger partial charge in [-0.05, 0) is 107 Å². The van der Waals surface area contributed by atoms with Gasteiger partial charge in [-0.15, -0.1) is 0 Å². The lowest BCUT2D eigenvalue weighted by Crippen LogP contribution is -2.03. The minimum Gasteiger partial charge on any atom is -0.309 e. The molecule has 0 saturated heterocycles. The predicted molar refractivity (Wildman–Crippen MR) is 360 cm³/mol. The molecule has 0 aliphatic carbocycles. The second-order valence-electron chi connectivity index (χ2n) is 22.0. The van der Waals surface area contributed by atoms with Gasteiger partial charge < -0.3 is 9.13 Å². The van der Waals surface area contributed by atoms with E-state index in [-0.39, 0.29) is 0 Å². The first kappa shape index (κ1) is 52.8. The minimum absolute atomic E-state index is 0.453. The summed E-state index contributed by atoms with van der Waals surface area (Å²) in [6, 6.07) is 103. The molecule has 10 nitrogen and oxygen atoms in total. The summed E-state index contributed by atoms with van der Waals surface area (Å²) in [5.41, 5.74) is 16.4. The third kappa shape index (κ3) is 9.29. The molecule has 4 aromatic heterocycles. The Hall–Kier alpha value is -12.8. The van der Waals surface area contributed by atoms with Gasteiger partial charge >= 0.3 is 0 Å². The maximum atomic E-state index is 11.0. The van der Waals surface area contributed by atoms with Gasteiger partial charge in [0.05, 0.1) is 56.7 Å². The van der Waals surface area contributed by atoms with E-state index >= 15 is 0 Å². The zero-order valence-electron chi connectivity index (χ0n) is 48.2. The molecule has 90 heavy (non-hydrogen) atoms. The molecular weight excluding hydrogens is 1100 g/mol. The maximum Gasteiger partial charge on any atom is 0.164 e. The van der Waals surface area contributed by atoms with Crippen LogP contribution in [0.1, 0.15) is 11.1 Å². The van der Waals surface area contributed by atoms with Crippen LogP contribution in [-0.2, 0) is 0 Å². The van der Waals surface area contributed by atoms with Gasteiger partial charge in [-0.3, -0.25) is 0 Å². The predicted octanol–water partition coefficient (Wildman–Crippen LogP) is 19.0. The molecule has 16 rings (SSSR count). The number of rotatable bonds is 11. The van der Waals surface area contributed by atoms with Crippen molar-refractivity contribution in [2.24, 2.45) is 0 Å². The van der Waals surface area contributed by atoms with Crippen LogP contribution in [0, 0.1) is 22.7 Å². The lowest BCUT2D eigenvalue weighted by Gasteiger charge is -2.22. The number of hydrogen-bond donors (Lipinski definition) is 0. The number of hydrogen-bond acceptors (Lipinski definition) is 8. The van der Waals surface area contributed by atoms with E-state index in [1.54, 1.807) is 0 Å². The van der Waals surface area contributed by atoms with Crippen LogP contribution in [0.25, 0.3) is 157 Å². The first-order valence-electron chi connectivity index (χ1n) is 29.6. The second-order valence-corrected chi connectivity index (χ2v) is 22.0. The van der Waals surface area contributed by atoms with Crippen LogP contribution in [0.3, 0.4) is 0 Å². The molecule has 0 aliphatic rings. The van der Waals surface area contributed by atoms with Gasteiger partial charge in [0.1, 0.15) is 0 Å². The Morgan fingerprint density at radius 2 is 0.489 bits per heavy atom. The highest BCUT2D eigenvalue weighted by Gasteiger charge is 2.26. The Labute approximate surface area is 517 Å². The Kier molecular flexibility index (Phi) is 13.1. The fraction of sp³-hybridized carbons (Fsp3) is 0. The fourth-order valence-corrected chi connectivity index (χ4v) is 12.6. The van der Waals surface area contributed by atoms with Gasteiger partial charge in [0.2, 0.25) is 0 Å². The van der Waals surface area contributed by atoms with Crippen molar-refractivity contribution in [3.63, 3.8) is 0 Å². The Morgan fingerprint density at radius 1 is 0.222 bits per heavy atom. The topological polar surface area (TPSA) is 135 Å². The standard InChI is InChI=1S/C80H48N10/c81-49-51-38-42-60(67-47-57(39-43-73(67)89-69-33-17-13-29-61(69)62-30-14-18-34-70(62)89)79-85-75(53-21-5-1-6-22-53)83-76(86-79)54-23-7-2-8-24-54)65(45-51)59-41-37-52(50-82)46-66(59)68-48-58(40-44-74(68)90-71-35-19-15-31-63(71)64-32-16-20-36-72(64)90)80-87-77(55-25-9-3-10-26-55)84-78(88-80)56-27-11-4-12-28-56/h1-48H. The molecule has 0 spiro atoms. The monoisotopic (exact) mass is 1150 g/mol. The van der Waals surface area contributed by atoms with Crippen LogP contribution >= 0.6 is 0 Å². The normalized spacial score (nSPS) is 11.3. The summed E-state index contributed by atoms with van der Waals surface area (Å²) in [4.78, 5) is 31.1. The minimum atomic E-state index is 0.453. The number of para-hydroxylation sites is 4. The summed E-state index contributed by atoms with van der Waals surface area (Å²) in [5.74, 6) is 3.11. The molecule has 12 aromatic carbocycles. The van der Waals surface area contributed by atoms with Crippen molar-refractivity contribution < 1.29 is 0 Å². The summed E-state index contributed by atoms with van der Waals surface area (Å²) in [5, 5.41) is 26.4. The van der Waals surface area contributed by atoms with Crippen LogP contribution in [0.15, 0.2) is 291 Å². The molecular formula is C80H48N10. The number of nitriles is 2. The average molecular weight is 1150 g/mol. The summed E-state index contributed by atoms with van der Waals surface area (Å²) >= 11 is 0. The molecule has 0 radical (unpaired) electrons. The van der Waals surface area contributed by atoms with Crippen LogP contribution in [0.2, 0.25) is 0 Å². The third-order valence-corrected chi connectivity index (χ3v) is 16.7. The van der Waals surface area contributed by atoms with E-state index < -0.39 is 0 Å². The van der Waals surface area contributed by atoms with Crippen LogP contribution in [-0.4, -0.2) is 39.0 Å². The smallest absolute Gasteiger partial charge is 0.164 e. The van der Waals surface area contributed by atoms with Gasteiger partial charge in [0.15, 0.2) is 34.9 Å². The molecule has 0 amide bonds. The number of nitrogens with zero attached hydrogens (tertiary/aromatic N) is 10. The second kappa shape index (κ2) is 22.3. The van der Waals surface area contributed by atoms with Crippen LogP contribution < -0.4 is 0 Å². The van der Waals surface area contributed by atoms with Crippen molar-refractivity contribution in [1.29, 1.82) is 10.5 Å². The number of benzene rings is 12. The van der Waals surface area contributed by atoms with E-state index in [9.17, 15) is 10.5 Å². The third-order valence-electron chi connectivity index (χ3n) is 16.7. The molecule has 0 bridgehead atoms. The van der Waals surface area contributed by atoms with E-state index in [4.69, 9.17) is 29.9 Å². The largest absolute Gasteiger partial charge is 0.309 e. The molecule has 4 heterocycles. The first-order valence-corrected chi connectivity index (χ1v) is 29.6. The molecule has 0 fully saturated rings.